The SMILES string of the molecule is C[Si](C)(COC(=O)On1c(O)ccc1O)Cc1ccccc1. The second-order valence-corrected chi connectivity index (χ2v) is 10.8. The summed E-state index contributed by atoms with van der Waals surface area (Å²) >= 11 is 0. The lowest BCUT2D eigenvalue weighted by Crippen LogP contribution is -2.38. The molecule has 0 spiro atoms. The minimum Gasteiger partial charge on any atom is -0.492 e. The van der Waals surface area contributed by atoms with Crippen molar-refractivity contribution in [2.75, 3.05) is 6.23 Å². The van der Waals surface area contributed by atoms with Gasteiger partial charge in [0.05, 0.1) is 14.3 Å². The van der Waals surface area contributed by atoms with Gasteiger partial charge in [0.2, 0.25) is 11.8 Å². The largest absolute Gasteiger partial charge is 0.533 e. The zero-order valence-electron chi connectivity index (χ0n) is 12.5. The average molecular weight is 321 g/mol. The van der Waals surface area contributed by atoms with Gasteiger partial charge in [0.25, 0.3) is 0 Å². The lowest BCUT2D eigenvalue weighted by atomic mass is 10.2. The van der Waals surface area contributed by atoms with Crippen molar-refractivity contribution in [1.29, 1.82) is 0 Å². The van der Waals surface area contributed by atoms with E-state index < -0.39 is 14.2 Å². The van der Waals surface area contributed by atoms with Crippen molar-refractivity contribution in [2.24, 2.45) is 0 Å². The van der Waals surface area contributed by atoms with Crippen LogP contribution in [0.4, 0.5) is 4.79 Å². The molecule has 2 rings (SSSR count). The second kappa shape index (κ2) is 6.57. The maximum Gasteiger partial charge on any atom is 0.533 e. The van der Waals surface area contributed by atoms with E-state index in [1.54, 1.807) is 0 Å². The number of aromatic hydroxyl groups is 2. The normalized spacial score (nSPS) is 11.2. The Labute approximate surface area is 129 Å². The van der Waals surface area contributed by atoms with Crippen molar-refractivity contribution in [3.63, 3.8) is 0 Å². The first-order valence-corrected chi connectivity index (χ1v) is 10.3. The monoisotopic (exact) mass is 321 g/mol. The predicted molar refractivity (Wildman–Crippen MR) is 83.3 cm³/mol. The lowest BCUT2D eigenvalue weighted by molar-refractivity contribution is 0.0442. The molecule has 118 valence electrons. The summed E-state index contributed by atoms with van der Waals surface area (Å²) in [6.45, 7) is 4.22. The van der Waals surface area contributed by atoms with Crippen LogP contribution in [0.25, 0.3) is 0 Å². The third-order valence-electron chi connectivity index (χ3n) is 3.07. The smallest absolute Gasteiger partial charge is 0.492 e. The Morgan fingerprint density at radius 1 is 1.09 bits per heavy atom. The molecule has 6 nitrogen and oxygen atoms in total. The number of ether oxygens (including phenoxy) is 1. The van der Waals surface area contributed by atoms with E-state index >= 15 is 0 Å². The molecular weight excluding hydrogens is 302 g/mol. The van der Waals surface area contributed by atoms with E-state index in [0.29, 0.717) is 4.73 Å². The van der Waals surface area contributed by atoms with Gasteiger partial charge in [-0.15, -0.1) is 4.73 Å². The predicted octanol–water partition coefficient (Wildman–Crippen LogP) is 2.49. The third kappa shape index (κ3) is 4.29. The molecule has 0 radical (unpaired) electrons. The van der Waals surface area contributed by atoms with Crippen LogP contribution >= 0.6 is 0 Å². The van der Waals surface area contributed by atoms with Gasteiger partial charge in [-0.25, -0.2) is 4.79 Å². The molecule has 0 amide bonds. The van der Waals surface area contributed by atoms with Gasteiger partial charge >= 0.3 is 6.16 Å². The van der Waals surface area contributed by atoms with Gasteiger partial charge in [0, 0.05) is 12.1 Å². The minimum absolute atomic E-state index is 0.281. The lowest BCUT2D eigenvalue weighted by Gasteiger charge is -2.21. The minimum atomic E-state index is -1.79. The molecular formula is C15H19NO5Si. The van der Waals surface area contributed by atoms with Gasteiger partial charge in [0.15, 0.2) is 0 Å². The Hall–Kier alpha value is -2.41. The summed E-state index contributed by atoms with van der Waals surface area (Å²) in [5.41, 5.74) is 1.21. The molecule has 0 bridgehead atoms. The topological polar surface area (TPSA) is 80.9 Å². The van der Waals surface area contributed by atoms with Gasteiger partial charge in [-0.05, 0) is 6.04 Å². The molecule has 0 saturated heterocycles. The fraction of sp³-hybridized carbons (Fsp3) is 0.267. The van der Waals surface area contributed by atoms with Crippen LogP contribution in [0.5, 0.6) is 11.8 Å². The molecule has 0 aliphatic carbocycles. The van der Waals surface area contributed by atoms with Crippen LogP contribution < -0.4 is 4.84 Å². The van der Waals surface area contributed by atoms with E-state index in [4.69, 9.17) is 9.57 Å². The molecule has 7 heteroatoms. The first-order chi connectivity index (χ1) is 10.4. The van der Waals surface area contributed by atoms with Crippen LogP contribution in [0.1, 0.15) is 5.56 Å². The third-order valence-corrected chi connectivity index (χ3v) is 5.36. The summed E-state index contributed by atoms with van der Waals surface area (Å²) in [7, 11) is -1.79. The number of carbonyl (C=O) groups is 1. The molecule has 2 N–H and O–H groups in total. The summed E-state index contributed by atoms with van der Waals surface area (Å²) < 4.78 is 5.73. The highest BCUT2D eigenvalue weighted by atomic mass is 28.3. The fourth-order valence-corrected chi connectivity index (χ4v) is 4.00. The molecule has 0 unspecified atom stereocenters. The van der Waals surface area contributed by atoms with E-state index in [-0.39, 0.29) is 18.0 Å². The Bertz CT molecular complexity index is 619. The molecule has 1 aromatic carbocycles. The van der Waals surface area contributed by atoms with E-state index in [2.05, 4.69) is 13.1 Å². The number of aromatic nitrogens is 1. The Balaban J connectivity index is 1.87. The standard InChI is InChI=1S/C15H19NO5Si/c1-22(2,10-12-6-4-3-5-7-12)11-20-15(19)21-16-13(17)8-9-14(16)18/h3-9,17-18H,10-11H2,1-2H3. The molecule has 22 heavy (non-hydrogen) atoms. The quantitative estimate of drug-likeness (QED) is 0.653. The van der Waals surface area contributed by atoms with Gasteiger partial charge in [0.1, 0.15) is 0 Å². The summed E-state index contributed by atoms with van der Waals surface area (Å²) in [5, 5.41) is 18.8. The van der Waals surface area contributed by atoms with Gasteiger partial charge in [-0.3, -0.25) is 4.84 Å². The maximum absolute atomic E-state index is 11.6. The Kier molecular flexibility index (Phi) is 4.77. The number of hydrogen-bond donors (Lipinski definition) is 2. The van der Waals surface area contributed by atoms with E-state index in [1.165, 1.54) is 17.7 Å². The van der Waals surface area contributed by atoms with Crippen molar-refractivity contribution in [2.45, 2.75) is 19.1 Å². The zero-order valence-corrected chi connectivity index (χ0v) is 13.5. The molecule has 1 aromatic heterocycles. The Morgan fingerprint density at radius 3 is 2.27 bits per heavy atom. The van der Waals surface area contributed by atoms with Crippen molar-refractivity contribution < 1.29 is 24.6 Å². The van der Waals surface area contributed by atoms with Crippen LogP contribution in [-0.4, -0.2) is 35.4 Å². The molecule has 0 fully saturated rings. The van der Waals surface area contributed by atoms with Crippen LogP contribution in [0, 0.1) is 0 Å². The fourth-order valence-electron chi connectivity index (χ4n) is 2.05. The highest BCUT2D eigenvalue weighted by molar-refractivity contribution is 6.76. The summed E-state index contributed by atoms with van der Waals surface area (Å²) in [6.07, 6.45) is -0.681. The first-order valence-electron chi connectivity index (χ1n) is 6.86. The number of carbonyl (C=O) groups excluding carboxylic acids is 1. The van der Waals surface area contributed by atoms with Gasteiger partial charge < -0.3 is 14.9 Å². The highest BCUT2D eigenvalue weighted by Crippen LogP contribution is 2.19. The molecule has 0 atom stereocenters. The van der Waals surface area contributed by atoms with Crippen molar-refractivity contribution in [3.8, 4) is 11.8 Å². The number of rotatable bonds is 5. The van der Waals surface area contributed by atoms with E-state index in [9.17, 15) is 15.0 Å². The van der Waals surface area contributed by atoms with Gasteiger partial charge in [-0.2, -0.15) is 0 Å². The van der Waals surface area contributed by atoms with E-state index in [1.807, 2.05) is 30.3 Å². The van der Waals surface area contributed by atoms with Crippen molar-refractivity contribution >= 4 is 14.2 Å². The number of hydrogen-bond acceptors (Lipinski definition) is 5. The summed E-state index contributed by atoms with van der Waals surface area (Å²) in [4.78, 5) is 16.4. The second-order valence-electron chi connectivity index (χ2n) is 5.80. The number of benzene rings is 1. The van der Waals surface area contributed by atoms with E-state index in [0.717, 1.165) is 6.04 Å². The highest BCUT2D eigenvalue weighted by Gasteiger charge is 2.25. The van der Waals surface area contributed by atoms with Crippen molar-refractivity contribution in [1.82, 2.24) is 4.73 Å². The van der Waals surface area contributed by atoms with Crippen molar-refractivity contribution in [3.05, 3.63) is 48.0 Å². The first kappa shape index (κ1) is 16.0. The Morgan fingerprint density at radius 2 is 1.68 bits per heavy atom. The molecule has 0 saturated carbocycles. The molecule has 1 heterocycles. The van der Waals surface area contributed by atoms with Crippen LogP contribution in [0.2, 0.25) is 13.1 Å². The molecule has 0 aliphatic rings. The summed E-state index contributed by atoms with van der Waals surface area (Å²) in [6, 6.07) is 13.3. The van der Waals surface area contributed by atoms with Gasteiger partial charge in [-0.1, -0.05) is 49.0 Å². The van der Waals surface area contributed by atoms with Crippen LogP contribution in [-0.2, 0) is 10.8 Å². The molecule has 0 aliphatic heterocycles. The maximum atomic E-state index is 11.6. The van der Waals surface area contributed by atoms with Crippen LogP contribution in [0.3, 0.4) is 0 Å². The molecule has 2 aromatic rings. The summed E-state index contributed by atoms with van der Waals surface area (Å²) in [5.74, 6) is -0.759. The number of nitrogens with zero attached hydrogens (tertiary/aromatic N) is 1. The van der Waals surface area contributed by atoms with Crippen LogP contribution in [0.15, 0.2) is 42.5 Å². The average Bonchev–Trinajstić information content (AvgIpc) is 2.78. The zero-order chi connectivity index (χ0) is 16.2.